The van der Waals surface area contributed by atoms with E-state index in [1.54, 1.807) is 18.4 Å². The lowest BCUT2D eigenvalue weighted by Crippen LogP contribution is -2.55. The van der Waals surface area contributed by atoms with Crippen molar-refractivity contribution < 1.29 is 17.9 Å². The van der Waals surface area contributed by atoms with Gasteiger partial charge in [0.2, 0.25) is 0 Å². The molecule has 0 bridgehead atoms. The lowest BCUT2D eigenvalue weighted by atomic mass is 9.74. The van der Waals surface area contributed by atoms with Gasteiger partial charge in [0, 0.05) is 32.1 Å². The molecule has 4 rings (SSSR count). The fraction of sp³-hybridized carbons (Fsp3) is 0.667. The number of para-hydroxylation sites is 1. The van der Waals surface area contributed by atoms with E-state index in [1.165, 1.54) is 4.31 Å². The quantitative estimate of drug-likeness (QED) is 0.805. The molecule has 6 nitrogen and oxygen atoms in total. The molecule has 0 aromatic heterocycles. The Morgan fingerprint density at radius 1 is 1.24 bits per heavy atom. The Hall–Kier alpha value is -1.15. The first-order chi connectivity index (χ1) is 11.7. The SMILES string of the molecule is CN(C)S(=O)(=O)N1CC[C@H]2O[C@H]3c4ccccc4OC(C)(C)[C@@H]3C[C@H]21. The molecular formula is C18H26N2O4S. The van der Waals surface area contributed by atoms with Gasteiger partial charge in [-0.1, -0.05) is 18.2 Å². The van der Waals surface area contributed by atoms with Gasteiger partial charge in [-0.2, -0.15) is 17.0 Å². The molecule has 138 valence electrons. The molecule has 2 fully saturated rings. The van der Waals surface area contributed by atoms with Gasteiger partial charge in [-0.3, -0.25) is 0 Å². The van der Waals surface area contributed by atoms with Crippen molar-refractivity contribution in [1.82, 2.24) is 8.61 Å². The van der Waals surface area contributed by atoms with Crippen LogP contribution in [-0.2, 0) is 14.9 Å². The van der Waals surface area contributed by atoms with Crippen LogP contribution in [0.5, 0.6) is 5.75 Å². The van der Waals surface area contributed by atoms with Gasteiger partial charge in [0.1, 0.15) is 11.4 Å². The van der Waals surface area contributed by atoms with Crippen LogP contribution in [0.4, 0.5) is 0 Å². The molecule has 3 heterocycles. The summed E-state index contributed by atoms with van der Waals surface area (Å²) in [5.41, 5.74) is 0.680. The van der Waals surface area contributed by atoms with Crippen molar-refractivity contribution in [3.63, 3.8) is 0 Å². The zero-order valence-corrected chi connectivity index (χ0v) is 16.0. The van der Waals surface area contributed by atoms with Crippen LogP contribution >= 0.6 is 0 Å². The third-order valence-corrected chi connectivity index (χ3v) is 7.83. The number of rotatable bonds is 2. The largest absolute Gasteiger partial charge is 0.487 e. The van der Waals surface area contributed by atoms with Gasteiger partial charge in [0.05, 0.1) is 18.2 Å². The Bertz CT molecular complexity index is 777. The van der Waals surface area contributed by atoms with E-state index >= 15 is 0 Å². The van der Waals surface area contributed by atoms with Crippen LogP contribution < -0.4 is 4.74 Å². The lowest BCUT2D eigenvalue weighted by molar-refractivity contribution is -0.157. The maximum absolute atomic E-state index is 12.7. The van der Waals surface area contributed by atoms with Crippen LogP contribution in [0, 0.1) is 5.92 Å². The zero-order chi connectivity index (χ0) is 18.0. The van der Waals surface area contributed by atoms with E-state index in [9.17, 15) is 8.42 Å². The Morgan fingerprint density at radius 3 is 2.68 bits per heavy atom. The van der Waals surface area contributed by atoms with E-state index in [0.717, 1.165) is 24.2 Å². The van der Waals surface area contributed by atoms with Gasteiger partial charge in [-0.05, 0) is 32.8 Å². The summed E-state index contributed by atoms with van der Waals surface area (Å²) in [5, 5.41) is 0. The molecule has 1 aromatic rings. The number of nitrogens with zero attached hydrogens (tertiary/aromatic N) is 2. The molecule has 4 atom stereocenters. The topological polar surface area (TPSA) is 59.1 Å². The molecule has 0 unspecified atom stereocenters. The normalized spacial score (nSPS) is 34.1. The second kappa shape index (κ2) is 5.67. The lowest BCUT2D eigenvalue weighted by Gasteiger charge is -2.50. The molecule has 0 spiro atoms. The Balaban J connectivity index is 1.69. The maximum atomic E-state index is 12.7. The fourth-order valence-corrected chi connectivity index (χ4v) is 5.82. The van der Waals surface area contributed by atoms with Crippen LogP contribution in [-0.4, -0.2) is 55.4 Å². The van der Waals surface area contributed by atoms with Crippen LogP contribution in [0.1, 0.15) is 38.4 Å². The standard InChI is InChI=1S/C18H26N2O4S/c1-18(2)13-11-14-16(9-10-20(14)25(21,22)19(3)4)23-17(13)12-7-5-6-8-15(12)24-18/h5-8,13-14,16-17H,9-11H2,1-4H3/t13-,14-,16-,17+/m1/s1. The van der Waals surface area contributed by atoms with E-state index in [-0.39, 0.29) is 24.2 Å². The van der Waals surface area contributed by atoms with Crippen molar-refractivity contribution in [1.29, 1.82) is 0 Å². The van der Waals surface area contributed by atoms with E-state index < -0.39 is 15.8 Å². The number of hydrogen-bond acceptors (Lipinski definition) is 4. The van der Waals surface area contributed by atoms with Crippen molar-refractivity contribution in [2.75, 3.05) is 20.6 Å². The van der Waals surface area contributed by atoms with Crippen molar-refractivity contribution in [2.24, 2.45) is 5.92 Å². The molecule has 0 radical (unpaired) electrons. The monoisotopic (exact) mass is 366 g/mol. The third kappa shape index (κ3) is 2.60. The summed E-state index contributed by atoms with van der Waals surface area (Å²) in [6.45, 7) is 4.66. The Labute approximate surface area is 149 Å². The molecule has 2 saturated heterocycles. The Kier molecular flexibility index (Phi) is 3.92. The first-order valence-electron chi connectivity index (χ1n) is 8.84. The molecule has 1 aromatic carbocycles. The number of ether oxygens (including phenoxy) is 2. The van der Waals surface area contributed by atoms with E-state index in [0.29, 0.717) is 6.54 Å². The summed E-state index contributed by atoms with van der Waals surface area (Å²) in [6.07, 6.45) is 1.40. The molecule has 3 aliphatic rings. The third-order valence-electron chi connectivity index (χ3n) is 5.86. The molecule has 0 N–H and O–H groups in total. The maximum Gasteiger partial charge on any atom is 0.281 e. The van der Waals surface area contributed by atoms with Crippen molar-refractivity contribution in [3.05, 3.63) is 29.8 Å². The van der Waals surface area contributed by atoms with Crippen LogP contribution in [0.15, 0.2) is 24.3 Å². The average molecular weight is 366 g/mol. The second-order valence-corrected chi connectivity index (χ2v) is 10.0. The average Bonchev–Trinajstić information content (AvgIpc) is 2.96. The van der Waals surface area contributed by atoms with Crippen LogP contribution in [0.25, 0.3) is 0 Å². The summed E-state index contributed by atoms with van der Waals surface area (Å²) in [5.74, 6) is 0.990. The predicted molar refractivity (Wildman–Crippen MR) is 94.6 cm³/mol. The minimum Gasteiger partial charge on any atom is -0.487 e. The highest BCUT2D eigenvalue weighted by Crippen LogP contribution is 2.52. The number of fused-ring (bicyclic) bond motifs is 4. The molecular weight excluding hydrogens is 340 g/mol. The van der Waals surface area contributed by atoms with Gasteiger partial charge in [0.25, 0.3) is 10.2 Å². The van der Waals surface area contributed by atoms with Crippen molar-refractivity contribution >= 4 is 10.2 Å². The first-order valence-corrected chi connectivity index (χ1v) is 10.2. The smallest absolute Gasteiger partial charge is 0.281 e. The van der Waals surface area contributed by atoms with Gasteiger partial charge >= 0.3 is 0 Å². The minimum absolute atomic E-state index is 0.0387. The number of benzene rings is 1. The van der Waals surface area contributed by atoms with Crippen LogP contribution in [0.2, 0.25) is 0 Å². The molecule has 3 aliphatic heterocycles. The van der Waals surface area contributed by atoms with Crippen molar-refractivity contribution in [2.45, 2.75) is 50.5 Å². The summed E-state index contributed by atoms with van der Waals surface area (Å²) in [6, 6.07) is 7.90. The van der Waals surface area contributed by atoms with E-state index in [4.69, 9.17) is 9.47 Å². The van der Waals surface area contributed by atoms with E-state index in [2.05, 4.69) is 19.9 Å². The van der Waals surface area contributed by atoms with Gasteiger partial charge < -0.3 is 9.47 Å². The summed E-state index contributed by atoms with van der Waals surface area (Å²) < 4.78 is 41.0. The fourth-order valence-electron chi connectivity index (χ4n) is 4.50. The summed E-state index contributed by atoms with van der Waals surface area (Å²) >= 11 is 0. The zero-order valence-electron chi connectivity index (χ0n) is 15.2. The Morgan fingerprint density at radius 2 is 1.96 bits per heavy atom. The molecule has 0 saturated carbocycles. The summed E-state index contributed by atoms with van der Waals surface area (Å²) in [4.78, 5) is 0. The van der Waals surface area contributed by atoms with Crippen LogP contribution in [0.3, 0.4) is 0 Å². The number of hydrogen-bond donors (Lipinski definition) is 0. The van der Waals surface area contributed by atoms with E-state index in [1.807, 2.05) is 18.2 Å². The predicted octanol–water partition coefficient (Wildman–Crippen LogP) is 2.18. The molecule has 0 aliphatic carbocycles. The van der Waals surface area contributed by atoms with Gasteiger partial charge in [-0.15, -0.1) is 0 Å². The van der Waals surface area contributed by atoms with Gasteiger partial charge in [-0.25, -0.2) is 0 Å². The molecule has 0 amide bonds. The van der Waals surface area contributed by atoms with Crippen molar-refractivity contribution in [3.8, 4) is 5.75 Å². The summed E-state index contributed by atoms with van der Waals surface area (Å²) in [7, 11) is -0.272. The first kappa shape index (κ1) is 17.3. The highest BCUT2D eigenvalue weighted by Gasteiger charge is 2.55. The van der Waals surface area contributed by atoms with Gasteiger partial charge in [0.15, 0.2) is 0 Å². The highest BCUT2D eigenvalue weighted by atomic mass is 32.2. The molecule has 25 heavy (non-hydrogen) atoms. The highest BCUT2D eigenvalue weighted by molar-refractivity contribution is 7.86. The second-order valence-electron chi connectivity index (χ2n) is 7.94. The minimum atomic E-state index is -3.44. The molecule has 7 heteroatoms.